The quantitative estimate of drug-likeness (QED) is 0.491. The maximum atomic E-state index is 13.2. The number of hydrogen-bond acceptors (Lipinski definition) is 5. The van der Waals surface area contributed by atoms with Crippen molar-refractivity contribution in [3.05, 3.63) is 76.6 Å². The molecule has 2 heterocycles. The first-order chi connectivity index (χ1) is 17.6. The van der Waals surface area contributed by atoms with Crippen molar-refractivity contribution in [2.45, 2.75) is 51.6 Å². The molecule has 0 radical (unpaired) electrons. The number of para-hydroxylation sites is 1. The Morgan fingerprint density at radius 1 is 1.17 bits per heavy atom. The van der Waals surface area contributed by atoms with Crippen LogP contribution in [0.5, 0.6) is 5.75 Å². The van der Waals surface area contributed by atoms with Crippen LogP contribution in [0.1, 0.15) is 52.1 Å². The van der Waals surface area contributed by atoms with Gasteiger partial charge in [-0.25, -0.2) is 4.68 Å². The minimum Gasteiger partial charge on any atom is -0.492 e. The van der Waals surface area contributed by atoms with Gasteiger partial charge in [0, 0.05) is 43.6 Å². The molecule has 0 unspecified atom stereocenters. The van der Waals surface area contributed by atoms with Crippen LogP contribution in [0.15, 0.2) is 48.5 Å². The summed E-state index contributed by atoms with van der Waals surface area (Å²) in [5.41, 5.74) is 6.00. The van der Waals surface area contributed by atoms with Crippen molar-refractivity contribution in [2.24, 2.45) is 0 Å². The van der Waals surface area contributed by atoms with Crippen LogP contribution in [0.3, 0.4) is 0 Å². The molecule has 36 heavy (non-hydrogen) atoms. The van der Waals surface area contributed by atoms with Gasteiger partial charge in [-0.05, 0) is 75.4 Å². The van der Waals surface area contributed by atoms with Crippen LogP contribution in [0.2, 0.25) is 0 Å². The van der Waals surface area contributed by atoms with E-state index < -0.39 is 0 Å². The van der Waals surface area contributed by atoms with Crippen LogP contribution >= 0.6 is 0 Å². The fourth-order valence-electron chi connectivity index (χ4n) is 5.25. The third-order valence-electron chi connectivity index (χ3n) is 7.37. The van der Waals surface area contributed by atoms with E-state index in [1.165, 1.54) is 0 Å². The molecule has 2 aromatic carbocycles. The summed E-state index contributed by atoms with van der Waals surface area (Å²) in [5, 5.41) is 7.83. The van der Waals surface area contributed by atoms with Gasteiger partial charge in [-0.1, -0.05) is 30.3 Å². The van der Waals surface area contributed by atoms with Crippen molar-refractivity contribution in [1.82, 2.24) is 20.0 Å². The molecule has 3 aromatic rings. The van der Waals surface area contributed by atoms with Gasteiger partial charge in [-0.15, -0.1) is 0 Å². The van der Waals surface area contributed by atoms with Gasteiger partial charge in [-0.3, -0.25) is 9.69 Å². The number of aromatic nitrogens is 2. The molecule has 0 atom stereocenters. The summed E-state index contributed by atoms with van der Waals surface area (Å²) in [6.07, 6.45) is 5.07. The first-order valence-electron chi connectivity index (χ1n) is 13.0. The van der Waals surface area contributed by atoms with Gasteiger partial charge in [0.1, 0.15) is 12.4 Å². The smallest absolute Gasteiger partial charge is 0.272 e. The van der Waals surface area contributed by atoms with Gasteiger partial charge in [-0.2, -0.15) is 5.10 Å². The number of likely N-dealkylation sites (N-methyl/N-ethyl adjacent to an activating group) is 1. The number of carbonyl (C=O) groups excluding carboxylic acids is 1. The molecule has 0 spiro atoms. The molecule has 1 aliphatic carbocycles. The highest BCUT2D eigenvalue weighted by Crippen LogP contribution is 2.29. The van der Waals surface area contributed by atoms with Crippen molar-refractivity contribution in [1.29, 1.82) is 0 Å². The monoisotopic (exact) mass is 488 g/mol. The van der Waals surface area contributed by atoms with E-state index in [1.54, 1.807) is 0 Å². The number of ether oxygens (including phenoxy) is 2. The molecular weight excluding hydrogens is 452 g/mol. The van der Waals surface area contributed by atoms with Gasteiger partial charge in [0.25, 0.3) is 5.91 Å². The number of aryl methyl sites for hydroxylation is 1. The van der Waals surface area contributed by atoms with Gasteiger partial charge in [0.05, 0.1) is 5.69 Å². The van der Waals surface area contributed by atoms with E-state index in [4.69, 9.17) is 14.6 Å². The Bertz CT molecular complexity index is 1200. The lowest BCUT2D eigenvalue weighted by atomic mass is 10.1. The molecule has 1 aliphatic heterocycles. The van der Waals surface area contributed by atoms with Crippen LogP contribution in [-0.4, -0.2) is 60.0 Å². The van der Waals surface area contributed by atoms with Crippen LogP contribution in [0, 0.1) is 6.92 Å². The molecule has 5 rings (SSSR count). The lowest BCUT2D eigenvalue weighted by molar-refractivity contribution is 0.0392. The van der Waals surface area contributed by atoms with E-state index in [0.717, 1.165) is 85.7 Å². The van der Waals surface area contributed by atoms with Gasteiger partial charge >= 0.3 is 0 Å². The molecule has 0 saturated carbocycles. The lowest BCUT2D eigenvalue weighted by Crippen LogP contribution is -2.38. The predicted molar refractivity (Wildman–Crippen MR) is 140 cm³/mol. The zero-order chi connectivity index (χ0) is 24.9. The molecule has 0 bridgehead atoms. The van der Waals surface area contributed by atoms with Gasteiger partial charge in [0.2, 0.25) is 0 Å². The van der Waals surface area contributed by atoms with Crippen molar-refractivity contribution < 1.29 is 14.3 Å². The molecular formula is C29H36N4O3. The second-order valence-electron chi connectivity index (χ2n) is 9.83. The van der Waals surface area contributed by atoms with Crippen molar-refractivity contribution >= 4 is 5.91 Å². The fourth-order valence-corrected chi connectivity index (χ4v) is 5.25. The maximum Gasteiger partial charge on any atom is 0.272 e. The number of amides is 1. The van der Waals surface area contributed by atoms with Crippen LogP contribution in [-0.2, 0) is 24.1 Å². The number of nitrogens with zero attached hydrogens (tertiary/aromatic N) is 3. The summed E-state index contributed by atoms with van der Waals surface area (Å²) in [7, 11) is 2.16. The highest BCUT2D eigenvalue weighted by Gasteiger charge is 2.27. The number of fused-ring (bicyclic) bond motifs is 1. The van der Waals surface area contributed by atoms with Crippen molar-refractivity contribution in [3.8, 4) is 11.4 Å². The highest BCUT2D eigenvalue weighted by atomic mass is 16.5. The first kappa shape index (κ1) is 24.5. The maximum absolute atomic E-state index is 13.2. The Morgan fingerprint density at radius 3 is 2.83 bits per heavy atom. The normalized spacial score (nSPS) is 15.8. The Morgan fingerprint density at radius 2 is 2.00 bits per heavy atom. The van der Waals surface area contributed by atoms with E-state index in [2.05, 4.69) is 36.3 Å². The average molecular weight is 489 g/mol. The van der Waals surface area contributed by atoms with Crippen LogP contribution in [0.25, 0.3) is 5.69 Å². The lowest BCUT2D eigenvalue weighted by Gasteiger charge is -2.31. The number of benzene rings is 2. The summed E-state index contributed by atoms with van der Waals surface area (Å²) < 4.78 is 13.5. The predicted octanol–water partition coefficient (Wildman–Crippen LogP) is 4.09. The zero-order valence-corrected chi connectivity index (χ0v) is 21.3. The Labute approximate surface area is 213 Å². The summed E-state index contributed by atoms with van der Waals surface area (Å²) in [6.45, 7) is 5.71. The first-order valence-corrected chi connectivity index (χ1v) is 13.0. The SMILES string of the molecule is Cc1ccccc1-n1nc(C(=O)NCc2cccc(OCCN(C)C3CCOCC3)c2)c2c1CCC2. The van der Waals surface area contributed by atoms with E-state index in [9.17, 15) is 4.79 Å². The zero-order valence-electron chi connectivity index (χ0n) is 21.3. The molecule has 190 valence electrons. The number of nitrogens with one attached hydrogen (secondary N) is 1. The third kappa shape index (κ3) is 5.47. The molecule has 7 nitrogen and oxygen atoms in total. The van der Waals surface area contributed by atoms with Crippen molar-refractivity contribution in [3.63, 3.8) is 0 Å². The van der Waals surface area contributed by atoms with E-state index in [0.29, 0.717) is 24.9 Å². The topological polar surface area (TPSA) is 68.6 Å². The molecule has 7 heteroatoms. The standard InChI is InChI=1S/C29H36N4O3/c1-21-7-3-4-11-26(21)33-27-12-6-10-25(27)28(31-33)29(34)30-20-22-8-5-9-24(19-22)36-18-15-32(2)23-13-16-35-17-14-23/h3-5,7-9,11,19,23H,6,10,12-18,20H2,1-2H3,(H,30,34). The second-order valence-corrected chi connectivity index (χ2v) is 9.83. The number of carbonyl (C=O) groups is 1. The molecule has 1 saturated heterocycles. The van der Waals surface area contributed by atoms with Crippen LogP contribution < -0.4 is 10.1 Å². The Balaban J connectivity index is 1.19. The van der Waals surface area contributed by atoms with E-state index >= 15 is 0 Å². The summed E-state index contributed by atoms with van der Waals surface area (Å²) in [5.74, 6) is 0.705. The van der Waals surface area contributed by atoms with Gasteiger partial charge in [0.15, 0.2) is 5.69 Å². The average Bonchev–Trinajstić information content (AvgIpc) is 3.52. The summed E-state index contributed by atoms with van der Waals surface area (Å²) in [4.78, 5) is 15.5. The molecule has 1 N–H and O–H groups in total. The molecule has 1 amide bonds. The number of rotatable bonds is 9. The molecule has 2 aliphatic rings. The summed E-state index contributed by atoms with van der Waals surface area (Å²) >= 11 is 0. The summed E-state index contributed by atoms with van der Waals surface area (Å²) in [6, 6.07) is 16.7. The van der Waals surface area contributed by atoms with E-state index in [1.807, 2.05) is 41.1 Å². The fraction of sp³-hybridized carbons (Fsp3) is 0.448. The highest BCUT2D eigenvalue weighted by molar-refractivity contribution is 5.94. The van der Waals surface area contributed by atoms with E-state index in [-0.39, 0.29) is 5.91 Å². The molecule has 1 aromatic heterocycles. The second kappa shape index (κ2) is 11.3. The Hall–Kier alpha value is -3.16. The van der Waals surface area contributed by atoms with Gasteiger partial charge < -0.3 is 14.8 Å². The minimum atomic E-state index is -0.120. The Kier molecular flexibility index (Phi) is 7.68. The third-order valence-corrected chi connectivity index (χ3v) is 7.37. The molecule has 1 fully saturated rings. The number of hydrogen-bond donors (Lipinski definition) is 1. The minimum absolute atomic E-state index is 0.120. The van der Waals surface area contributed by atoms with Crippen LogP contribution in [0.4, 0.5) is 0 Å². The van der Waals surface area contributed by atoms with Crippen molar-refractivity contribution in [2.75, 3.05) is 33.4 Å². The largest absolute Gasteiger partial charge is 0.492 e.